The normalized spacial score (nSPS) is 10.7. The van der Waals surface area contributed by atoms with Gasteiger partial charge in [0.15, 0.2) is 0 Å². The molecule has 1 rings (SSSR count). The first-order valence-corrected chi connectivity index (χ1v) is 4.22. The highest BCUT2D eigenvalue weighted by atomic mass is 15.1. The molecule has 3 heteroatoms. The van der Waals surface area contributed by atoms with Crippen LogP contribution in [0, 0.1) is 0 Å². The molecule has 0 unspecified atom stereocenters. The molecule has 0 saturated heterocycles. The lowest BCUT2D eigenvalue weighted by molar-refractivity contribution is 0.643. The predicted molar refractivity (Wildman–Crippen MR) is 56.2 cm³/mol. The Balaban J connectivity index is 2.87. The van der Waals surface area contributed by atoms with Crippen LogP contribution < -0.4 is 5.73 Å². The summed E-state index contributed by atoms with van der Waals surface area (Å²) in [7, 11) is 3.88. The maximum Gasteiger partial charge on any atom is 0.0907 e. The van der Waals surface area contributed by atoms with Crippen LogP contribution in [-0.2, 0) is 6.54 Å². The summed E-state index contributed by atoms with van der Waals surface area (Å²) in [5.41, 5.74) is 7.58. The molecule has 2 N–H and O–H groups in total. The molecule has 0 fully saturated rings. The molecule has 0 amide bonds. The predicted octanol–water partition coefficient (Wildman–Crippen LogP) is 1.37. The quantitative estimate of drug-likeness (QED) is 0.559. The van der Waals surface area contributed by atoms with Gasteiger partial charge in [-0.25, -0.2) is 4.99 Å². The van der Waals surface area contributed by atoms with Crippen molar-refractivity contribution in [1.29, 1.82) is 0 Å². The van der Waals surface area contributed by atoms with Gasteiger partial charge in [0.1, 0.15) is 0 Å². The molecule has 0 atom stereocenters. The number of benzene rings is 1. The van der Waals surface area contributed by atoms with E-state index in [2.05, 4.69) is 4.99 Å². The number of hydrogen-bond acceptors (Lipinski definition) is 2. The zero-order valence-corrected chi connectivity index (χ0v) is 8.07. The molecule has 1 aromatic carbocycles. The molecule has 13 heavy (non-hydrogen) atoms. The zero-order valence-electron chi connectivity index (χ0n) is 8.07. The fourth-order valence-corrected chi connectivity index (χ4v) is 0.987. The molecule has 0 bridgehead atoms. The van der Waals surface area contributed by atoms with Crippen molar-refractivity contribution in [3.05, 3.63) is 29.8 Å². The average molecular weight is 177 g/mol. The van der Waals surface area contributed by atoms with Crippen molar-refractivity contribution in [3.63, 3.8) is 0 Å². The van der Waals surface area contributed by atoms with Crippen LogP contribution in [-0.4, -0.2) is 25.3 Å². The van der Waals surface area contributed by atoms with E-state index in [1.807, 2.05) is 43.3 Å². The Morgan fingerprint density at radius 1 is 1.38 bits per heavy atom. The van der Waals surface area contributed by atoms with Gasteiger partial charge in [-0.3, -0.25) is 0 Å². The van der Waals surface area contributed by atoms with Crippen LogP contribution in [0.4, 0.5) is 5.69 Å². The molecule has 0 aliphatic heterocycles. The van der Waals surface area contributed by atoms with Gasteiger partial charge in [0.05, 0.1) is 12.0 Å². The van der Waals surface area contributed by atoms with E-state index in [0.717, 1.165) is 11.3 Å². The smallest absolute Gasteiger partial charge is 0.0907 e. The summed E-state index contributed by atoms with van der Waals surface area (Å²) in [6.07, 6.45) is 1.77. The molecule has 0 aromatic heterocycles. The number of nitrogens with two attached hydrogens (primary N) is 1. The Morgan fingerprint density at radius 2 is 2.08 bits per heavy atom. The minimum absolute atomic E-state index is 0.529. The van der Waals surface area contributed by atoms with Gasteiger partial charge in [0, 0.05) is 20.6 Å². The average Bonchev–Trinajstić information content (AvgIpc) is 2.15. The van der Waals surface area contributed by atoms with Crippen molar-refractivity contribution in [2.75, 3.05) is 14.1 Å². The minimum atomic E-state index is 0.529. The highest BCUT2D eigenvalue weighted by Crippen LogP contribution is 2.16. The standard InChI is InChI=1S/C10H15N3/c1-13(2)8-12-10-6-4-3-5-9(10)7-11/h3-6,8H,7,11H2,1-2H3. The molecule has 0 aliphatic carbocycles. The minimum Gasteiger partial charge on any atom is -0.369 e. The number of hydrogen-bond donors (Lipinski definition) is 1. The lowest BCUT2D eigenvalue weighted by Crippen LogP contribution is -2.07. The Morgan fingerprint density at radius 3 is 2.69 bits per heavy atom. The van der Waals surface area contributed by atoms with Gasteiger partial charge < -0.3 is 10.6 Å². The molecule has 0 radical (unpaired) electrons. The number of aliphatic imine (C=N–C) groups is 1. The van der Waals surface area contributed by atoms with Gasteiger partial charge in [0.2, 0.25) is 0 Å². The van der Waals surface area contributed by atoms with Crippen molar-refractivity contribution in [1.82, 2.24) is 4.90 Å². The van der Waals surface area contributed by atoms with E-state index in [4.69, 9.17) is 5.73 Å². The van der Waals surface area contributed by atoms with Crippen LogP contribution in [0.3, 0.4) is 0 Å². The van der Waals surface area contributed by atoms with Gasteiger partial charge in [0.25, 0.3) is 0 Å². The molecule has 1 aromatic rings. The second-order valence-electron chi connectivity index (χ2n) is 3.04. The van der Waals surface area contributed by atoms with E-state index in [0.29, 0.717) is 6.54 Å². The molecule has 0 aliphatic rings. The maximum absolute atomic E-state index is 5.57. The number of para-hydroxylation sites is 1. The Kier molecular flexibility index (Phi) is 3.46. The molecular formula is C10H15N3. The van der Waals surface area contributed by atoms with Crippen LogP contribution in [0.15, 0.2) is 29.3 Å². The first-order chi connectivity index (χ1) is 6.24. The van der Waals surface area contributed by atoms with Crippen molar-refractivity contribution in [2.24, 2.45) is 10.7 Å². The van der Waals surface area contributed by atoms with Crippen LogP contribution in [0.5, 0.6) is 0 Å². The van der Waals surface area contributed by atoms with Crippen LogP contribution in [0.2, 0.25) is 0 Å². The van der Waals surface area contributed by atoms with Gasteiger partial charge in [-0.05, 0) is 11.6 Å². The summed E-state index contributed by atoms with van der Waals surface area (Å²) in [6, 6.07) is 7.88. The van der Waals surface area contributed by atoms with E-state index >= 15 is 0 Å². The molecular weight excluding hydrogens is 162 g/mol. The third-order valence-electron chi connectivity index (χ3n) is 1.64. The summed E-state index contributed by atoms with van der Waals surface area (Å²) in [6.45, 7) is 0.529. The lowest BCUT2D eigenvalue weighted by atomic mass is 10.2. The molecule has 0 spiro atoms. The third-order valence-corrected chi connectivity index (χ3v) is 1.64. The maximum atomic E-state index is 5.57. The Hall–Kier alpha value is -1.35. The van der Waals surface area contributed by atoms with Crippen LogP contribution in [0.25, 0.3) is 0 Å². The summed E-state index contributed by atoms with van der Waals surface area (Å²) in [5.74, 6) is 0. The highest BCUT2D eigenvalue weighted by Gasteiger charge is 1.95. The van der Waals surface area contributed by atoms with Crippen molar-refractivity contribution in [2.45, 2.75) is 6.54 Å². The monoisotopic (exact) mass is 177 g/mol. The number of rotatable bonds is 3. The molecule has 3 nitrogen and oxygen atoms in total. The second-order valence-corrected chi connectivity index (χ2v) is 3.04. The van der Waals surface area contributed by atoms with Gasteiger partial charge >= 0.3 is 0 Å². The topological polar surface area (TPSA) is 41.6 Å². The van der Waals surface area contributed by atoms with Crippen LogP contribution >= 0.6 is 0 Å². The Bertz CT molecular complexity index is 292. The van der Waals surface area contributed by atoms with Gasteiger partial charge in [-0.1, -0.05) is 18.2 Å². The van der Waals surface area contributed by atoms with Crippen molar-refractivity contribution in [3.8, 4) is 0 Å². The van der Waals surface area contributed by atoms with E-state index < -0.39 is 0 Å². The van der Waals surface area contributed by atoms with Crippen molar-refractivity contribution < 1.29 is 0 Å². The first kappa shape index (κ1) is 9.74. The zero-order chi connectivity index (χ0) is 9.68. The van der Waals surface area contributed by atoms with Crippen LogP contribution in [0.1, 0.15) is 5.56 Å². The fourth-order valence-electron chi connectivity index (χ4n) is 0.987. The third kappa shape index (κ3) is 2.87. The Labute approximate surface area is 78.9 Å². The van der Waals surface area contributed by atoms with E-state index in [1.165, 1.54) is 0 Å². The molecule has 70 valence electrons. The van der Waals surface area contributed by atoms with Crippen molar-refractivity contribution >= 4 is 12.0 Å². The largest absolute Gasteiger partial charge is 0.369 e. The van der Waals surface area contributed by atoms with E-state index in [-0.39, 0.29) is 0 Å². The molecule has 0 saturated carbocycles. The molecule has 0 heterocycles. The van der Waals surface area contributed by atoms with E-state index in [9.17, 15) is 0 Å². The first-order valence-electron chi connectivity index (χ1n) is 4.22. The van der Waals surface area contributed by atoms with Gasteiger partial charge in [-0.2, -0.15) is 0 Å². The fraction of sp³-hybridized carbons (Fsp3) is 0.300. The van der Waals surface area contributed by atoms with Gasteiger partial charge in [-0.15, -0.1) is 0 Å². The highest BCUT2D eigenvalue weighted by molar-refractivity contribution is 5.62. The second kappa shape index (κ2) is 4.62. The summed E-state index contributed by atoms with van der Waals surface area (Å²) in [5, 5.41) is 0. The summed E-state index contributed by atoms with van der Waals surface area (Å²) < 4.78 is 0. The lowest BCUT2D eigenvalue weighted by Gasteiger charge is -2.04. The summed E-state index contributed by atoms with van der Waals surface area (Å²) in [4.78, 5) is 6.19. The number of nitrogens with zero attached hydrogens (tertiary/aromatic N) is 2. The summed E-state index contributed by atoms with van der Waals surface area (Å²) >= 11 is 0. The van der Waals surface area contributed by atoms with E-state index in [1.54, 1.807) is 6.34 Å². The SMILES string of the molecule is CN(C)C=Nc1ccccc1CN.